The number of rotatable bonds is 9. The molecule has 2 aliphatic rings. The molecule has 0 saturated heterocycles. The highest BCUT2D eigenvalue weighted by Gasteiger charge is 2.33. The summed E-state index contributed by atoms with van der Waals surface area (Å²) in [5, 5.41) is 9.55. The molecule has 4 rings (SSSR count). The van der Waals surface area contributed by atoms with Crippen molar-refractivity contribution >= 4 is 11.7 Å². The van der Waals surface area contributed by atoms with Gasteiger partial charge in [-0.15, -0.1) is 0 Å². The molecule has 5 heteroatoms. The fourth-order valence-electron chi connectivity index (χ4n) is 5.99. The zero-order valence-electron chi connectivity index (χ0n) is 28.0. The van der Waals surface area contributed by atoms with E-state index in [-0.39, 0.29) is 11.5 Å². The molecule has 0 fully saturated rings. The van der Waals surface area contributed by atoms with Crippen molar-refractivity contribution in [1.82, 2.24) is 4.90 Å². The molecule has 0 radical (unpaired) electrons. The Morgan fingerprint density at radius 2 is 1.82 bits per heavy atom. The number of allylic oxidation sites excluding steroid dienone is 3. The fourth-order valence-corrected chi connectivity index (χ4v) is 5.99. The summed E-state index contributed by atoms with van der Waals surface area (Å²) in [7, 11) is 1.79. The van der Waals surface area contributed by atoms with Gasteiger partial charge in [-0.05, 0) is 79.9 Å². The van der Waals surface area contributed by atoms with Gasteiger partial charge in [0.15, 0.2) is 0 Å². The lowest BCUT2D eigenvalue weighted by atomic mass is 9.90. The number of nitriles is 1. The van der Waals surface area contributed by atoms with Gasteiger partial charge in [-0.25, -0.2) is 0 Å². The first-order valence-electron chi connectivity index (χ1n) is 16.5. The summed E-state index contributed by atoms with van der Waals surface area (Å²) in [6.45, 7) is 13.0. The number of hydrogen-bond donors (Lipinski definition) is 0. The number of amidine groups is 1. The predicted molar refractivity (Wildman–Crippen MR) is 183 cm³/mol. The van der Waals surface area contributed by atoms with Gasteiger partial charge in [0.1, 0.15) is 11.4 Å². The third-order valence-electron chi connectivity index (χ3n) is 8.08. The lowest BCUT2D eigenvalue weighted by Crippen LogP contribution is -2.38. The summed E-state index contributed by atoms with van der Waals surface area (Å²) in [4.78, 5) is 21.0. The van der Waals surface area contributed by atoms with Crippen LogP contribution in [0.15, 0.2) is 88.2 Å². The van der Waals surface area contributed by atoms with E-state index in [9.17, 15) is 10.1 Å². The highest BCUT2D eigenvalue weighted by atomic mass is 16.5. The smallest absolute Gasteiger partial charge is 0.259 e. The van der Waals surface area contributed by atoms with Crippen LogP contribution in [0.25, 0.3) is 11.1 Å². The monoisotopic (exact) mass is 593 g/mol. The Balaban J connectivity index is 0.00000259. The van der Waals surface area contributed by atoms with Crippen molar-refractivity contribution in [3.05, 3.63) is 94.3 Å². The number of benzene rings is 2. The molecule has 0 unspecified atom stereocenters. The van der Waals surface area contributed by atoms with Crippen LogP contribution < -0.4 is 0 Å². The molecule has 0 N–H and O–H groups in total. The molecule has 1 aliphatic carbocycles. The van der Waals surface area contributed by atoms with Crippen molar-refractivity contribution in [3.63, 3.8) is 0 Å². The van der Waals surface area contributed by atoms with E-state index in [1.165, 1.54) is 5.57 Å². The topological polar surface area (TPSA) is 65.7 Å². The molecule has 1 heterocycles. The molecular weight excluding hydrogens is 542 g/mol. The van der Waals surface area contributed by atoms with Crippen LogP contribution in [-0.2, 0) is 16.1 Å². The highest BCUT2D eigenvalue weighted by molar-refractivity contribution is 6.08. The van der Waals surface area contributed by atoms with Crippen LogP contribution in [-0.4, -0.2) is 29.3 Å². The summed E-state index contributed by atoms with van der Waals surface area (Å²) < 4.78 is 6.25. The molecule has 1 aliphatic heterocycles. The van der Waals surface area contributed by atoms with E-state index in [4.69, 9.17) is 4.74 Å². The van der Waals surface area contributed by atoms with E-state index in [0.717, 1.165) is 97.2 Å². The molecule has 2 aromatic carbocycles. The number of unbranched alkanes of at least 4 members (excludes halogenated alkanes) is 1. The van der Waals surface area contributed by atoms with E-state index in [0.29, 0.717) is 12.1 Å². The van der Waals surface area contributed by atoms with Gasteiger partial charge in [-0.3, -0.25) is 14.7 Å². The number of ether oxygens (including phenoxy) is 1. The molecule has 234 valence electrons. The van der Waals surface area contributed by atoms with Crippen molar-refractivity contribution in [2.75, 3.05) is 7.05 Å². The van der Waals surface area contributed by atoms with Crippen molar-refractivity contribution in [1.29, 1.82) is 5.26 Å². The fraction of sp³-hybridized carbons (Fsp3) is 0.462. The Hall–Kier alpha value is -3.91. The van der Waals surface area contributed by atoms with Crippen molar-refractivity contribution < 1.29 is 9.53 Å². The SMILES string of the molecule is CC.CC/C=C(C(=O)N(Cc1ccc(-c2ccccc2C#N)cc1)C(CCCC)=NC)\C1=C\CC2=C(CCC1)OC(C)(C)C2. The average molecular weight is 594 g/mol. The maximum atomic E-state index is 14.5. The number of aliphatic imine (C=N–C) groups is 1. The summed E-state index contributed by atoms with van der Waals surface area (Å²) in [6, 6.07) is 18.1. The van der Waals surface area contributed by atoms with Gasteiger partial charge in [-0.2, -0.15) is 5.26 Å². The Morgan fingerprint density at radius 3 is 2.48 bits per heavy atom. The zero-order chi connectivity index (χ0) is 32.1. The second kappa shape index (κ2) is 16.8. The first kappa shape index (κ1) is 34.6. The molecule has 0 atom stereocenters. The molecule has 2 aromatic rings. The summed E-state index contributed by atoms with van der Waals surface area (Å²) >= 11 is 0. The van der Waals surface area contributed by atoms with Gasteiger partial charge in [0, 0.05) is 31.9 Å². The Morgan fingerprint density at radius 1 is 1.09 bits per heavy atom. The van der Waals surface area contributed by atoms with Crippen LogP contribution in [0.1, 0.15) is 110 Å². The van der Waals surface area contributed by atoms with Gasteiger partial charge in [0.2, 0.25) is 0 Å². The van der Waals surface area contributed by atoms with Crippen LogP contribution >= 0.6 is 0 Å². The zero-order valence-corrected chi connectivity index (χ0v) is 28.0. The van der Waals surface area contributed by atoms with Gasteiger partial charge in [0.05, 0.1) is 23.9 Å². The van der Waals surface area contributed by atoms with Gasteiger partial charge >= 0.3 is 0 Å². The van der Waals surface area contributed by atoms with Crippen molar-refractivity contribution in [3.8, 4) is 17.2 Å². The number of amides is 1. The lowest BCUT2D eigenvalue weighted by Gasteiger charge is -2.27. The normalized spacial score (nSPS) is 17.5. The number of carbonyl (C=O) groups excluding carboxylic acids is 1. The van der Waals surface area contributed by atoms with Crippen molar-refractivity contribution in [2.24, 2.45) is 4.99 Å². The second-order valence-electron chi connectivity index (χ2n) is 11.9. The van der Waals surface area contributed by atoms with Crippen LogP contribution in [0, 0.1) is 11.3 Å². The molecule has 44 heavy (non-hydrogen) atoms. The highest BCUT2D eigenvalue weighted by Crippen LogP contribution is 2.40. The van der Waals surface area contributed by atoms with Gasteiger partial charge in [-0.1, -0.05) is 88.7 Å². The Kier molecular flexibility index (Phi) is 13.2. The first-order valence-corrected chi connectivity index (χ1v) is 16.5. The van der Waals surface area contributed by atoms with E-state index in [1.54, 1.807) is 7.05 Å². The Labute approximate surface area is 266 Å². The maximum absolute atomic E-state index is 14.5. The minimum atomic E-state index is -0.143. The van der Waals surface area contributed by atoms with Crippen LogP contribution in [0.3, 0.4) is 0 Å². The quantitative estimate of drug-likeness (QED) is 0.165. The van der Waals surface area contributed by atoms with E-state index in [2.05, 4.69) is 63.0 Å². The largest absolute Gasteiger partial charge is 0.492 e. The van der Waals surface area contributed by atoms with E-state index >= 15 is 0 Å². The Bertz CT molecular complexity index is 1430. The summed E-state index contributed by atoms with van der Waals surface area (Å²) in [5.74, 6) is 2.01. The predicted octanol–water partition coefficient (Wildman–Crippen LogP) is 10.1. The first-order chi connectivity index (χ1) is 21.3. The van der Waals surface area contributed by atoms with Crippen LogP contribution in [0.4, 0.5) is 0 Å². The van der Waals surface area contributed by atoms with Crippen molar-refractivity contribution in [2.45, 2.75) is 111 Å². The lowest BCUT2D eigenvalue weighted by molar-refractivity contribution is -0.123. The standard InChI is InChI=1S/C37H45N3O2.C2H6/c1-6-8-17-35(39-5)40(26-27-18-20-29(21-19-27)32-15-10-9-13-31(32)25-38)36(41)33(12-7-2)28-14-11-16-34-30(23-22-28)24-37(3,4)42-34;1-2/h9-10,12-13,15,18-22H,6-8,11,14,16-17,23-24,26H2,1-5H3;1-2H3/b28-22+,33-12+,39-35?;. The molecule has 0 saturated carbocycles. The summed E-state index contributed by atoms with van der Waals surface area (Å²) in [5.41, 5.74) is 6.75. The third kappa shape index (κ3) is 8.82. The number of hydrogen-bond acceptors (Lipinski definition) is 4. The van der Waals surface area contributed by atoms with E-state index in [1.807, 2.05) is 55.1 Å². The van der Waals surface area contributed by atoms with Gasteiger partial charge < -0.3 is 4.74 Å². The minimum absolute atomic E-state index is 0.0245. The molecule has 5 nitrogen and oxygen atoms in total. The molecule has 1 amide bonds. The minimum Gasteiger partial charge on any atom is -0.492 e. The molecular formula is C39H51N3O2. The number of nitrogens with zero attached hydrogens (tertiary/aromatic N) is 3. The maximum Gasteiger partial charge on any atom is 0.259 e. The molecule has 0 aromatic heterocycles. The molecule has 0 spiro atoms. The molecule has 0 bridgehead atoms. The van der Waals surface area contributed by atoms with Crippen LogP contribution in [0.5, 0.6) is 0 Å². The van der Waals surface area contributed by atoms with E-state index < -0.39 is 0 Å². The second-order valence-corrected chi connectivity index (χ2v) is 11.9. The average Bonchev–Trinajstić information content (AvgIpc) is 3.33. The summed E-state index contributed by atoms with van der Waals surface area (Å²) in [6.07, 6.45) is 12.4. The number of carbonyl (C=O) groups is 1. The third-order valence-corrected chi connectivity index (χ3v) is 8.08. The van der Waals surface area contributed by atoms with Gasteiger partial charge in [0.25, 0.3) is 5.91 Å². The van der Waals surface area contributed by atoms with Crippen LogP contribution in [0.2, 0.25) is 0 Å².